The Balaban J connectivity index is 2.15. The highest BCUT2D eigenvalue weighted by atomic mass is 79.9. The van der Waals surface area contributed by atoms with Crippen LogP contribution in [0.5, 0.6) is 0 Å². The van der Waals surface area contributed by atoms with E-state index in [1.165, 1.54) is 6.20 Å². The van der Waals surface area contributed by atoms with Crippen molar-refractivity contribution in [2.24, 2.45) is 0 Å². The highest BCUT2D eigenvalue weighted by molar-refractivity contribution is 9.10. The molecule has 0 aliphatic heterocycles. The van der Waals surface area contributed by atoms with Crippen LogP contribution in [0.15, 0.2) is 47.2 Å². The third-order valence-electron chi connectivity index (χ3n) is 2.41. The number of nitriles is 1. The first-order valence-corrected chi connectivity index (χ1v) is 8.04. The number of rotatable bonds is 4. The van der Waals surface area contributed by atoms with Gasteiger partial charge in [0, 0.05) is 0 Å². The van der Waals surface area contributed by atoms with Crippen LogP contribution in [0.2, 0.25) is 0 Å². The van der Waals surface area contributed by atoms with Crippen LogP contribution in [-0.2, 0) is 15.8 Å². The summed E-state index contributed by atoms with van der Waals surface area (Å²) in [4.78, 5) is 3.94. The van der Waals surface area contributed by atoms with Crippen LogP contribution >= 0.6 is 15.9 Å². The largest absolute Gasteiger partial charge is 0.282 e. The second-order valence-corrected chi connectivity index (χ2v) is 6.58. The SMILES string of the molecule is N#Cc1cccc(CS(=O)(=O)Nc2ccc(Br)nc2)c1. The summed E-state index contributed by atoms with van der Waals surface area (Å²) in [7, 11) is -3.54. The zero-order chi connectivity index (χ0) is 14.6. The third kappa shape index (κ3) is 4.05. The van der Waals surface area contributed by atoms with E-state index < -0.39 is 10.0 Å². The predicted octanol–water partition coefficient (Wildman–Crippen LogP) is 2.66. The Bertz CT molecular complexity index is 752. The van der Waals surface area contributed by atoms with Crippen molar-refractivity contribution < 1.29 is 8.42 Å². The van der Waals surface area contributed by atoms with Crippen molar-refractivity contribution in [3.8, 4) is 6.07 Å². The summed E-state index contributed by atoms with van der Waals surface area (Å²) < 4.78 is 27.1. The molecule has 0 saturated heterocycles. The quantitative estimate of drug-likeness (QED) is 0.858. The van der Waals surface area contributed by atoms with Crippen LogP contribution < -0.4 is 4.72 Å². The average Bonchev–Trinajstić information content (AvgIpc) is 2.41. The molecule has 0 unspecified atom stereocenters. The van der Waals surface area contributed by atoms with Gasteiger partial charge in [-0.25, -0.2) is 13.4 Å². The standard InChI is InChI=1S/C13H10BrN3O2S/c14-13-5-4-12(8-16-13)17-20(18,19)9-11-3-1-2-10(6-11)7-15/h1-6,8,17H,9H2. The van der Waals surface area contributed by atoms with Gasteiger partial charge in [-0.2, -0.15) is 5.26 Å². The number of halogens is 1. The van der Waals surface area contributed by atoms with Gasteiger partial charge in [-0.05, 0) is 45.8 Å². The molecule has 20 heavy (non-hydrogen) atoms. The molecule has 7 heteroatoms. The fourth-order valence-corrected chi connectivity index (χ4v) is 3.01. The van der Waals surface area contributed by atoms with Gasteiger partial charge >= 0.3 is 0 Å². The molecule has 5 nitrogen and oxygen atoms in total. The van der Waals surface area contributed by atoms with Gasteiger partial charge in [0.05, 0.1) is 29.3 Å². The molecular formula is C13H10BrN3O2S. The van der Waals surface area contributed by atoms with Crippen molar-refractivity contribution in [2.45, 2.75) is 5.75 Å². The van der Waals surface area contributed by atoms with E-state index >= 15 is 0 Å². The third-order valence-corrected chi connectivity index (χ3v) is 4.14. The molecule has 0 fully saturated rings. The number of nitrogens with one attached hydrogen (secondary N) is 1. The molecule has 0 spiro atoms. The number of hydrogen-bond acceptors (Lipinski definition) is 4. The summed E-state index contributed by atoms with van der Waals surface area (Å²) in [6.45, 7) is 0. The Morgan fingerprint density at radius 3 is 2.75 bits per heavy atom. The van der Waals surface area contributed by atoms with Crippen LogP contribution in [0.1, 0.15) is 11.1 Å². The molecule has 102 valence electrons. The molecule has 0 radical (unpaired) electrons. The number of benzene rings is 1. The second-order valence-electron chi connectivity index (χ2n) is 4.04. The summed E-state index contributed by atoms with van der Waals surface area (Å²) in [5.41, 5.74) is 1.38. The summed E-state index contributed by atoms with van der Waals surface area (Å²) in [6.07, 6.45) is 1.42. The molecule has 1 N–H and O–H groups in total. The topological polar surface area (TPSA) is 82.8 Å². The van der Waals surface area contributed by atoms with Gasteiger partial charge in [0.2, 0.25) is 10.0 Å². The molecule has 0 aliphatic rings. The van der Waals surface area contributed by atoms with Crippen LogP contribution in [0.4, 0.5) is 5.69 Å². The van der Waals surface area contributed by atoms with E-state index in [0.717, 1.165) is 0 Å². The smallest absolute Gasteiger partial charge is 0.236 e. The van der Waals surface area contributed by atoms with Gasteiger partial charge in [0.15, 0.2) is 0 Å². The summed E-state index contributed by atoms with van der Waals surface area (Å²) in [5, 5.41) is 8.79. The first-order valence-electron chi connectivity index (χ1n) is 5.59. The number of aromatic nitrogens is 1. The second kappa shape index (κ2) is 6.03. The van der Waals surface area contributed by atoms with Gasteiger partial charge in [0.25, 0.3) is 0 Å². The van der Waals surface area contributed by atoms with Gasteiger partial charge in [0.1, 0.15) is 4.60 Å². The van der Waals surface area contributed by atoms with Gasteiger partial charge in [-0.15, -0.1) is 0 Å². The van der Waals surface area contributed by atoms with E-state index in [9.17, 15) is 8.42 Å². The van der Waals surface area contributed by atoms with Crippen molar-refractivity contribution in [3.63, 3.8) is 0 Å². The number of sulfonamides is 1. The van der Waals surface area contributed by atoms with Crippen LogP contribution in [0.25, 0.3) is 0 Å². The van der Waals surface area contributed by atoms with Gasteiger partial charge in [-0.3, -0.25) is 4.72 Å². The summed E-state index contributed by atoms with van der Waals surface area (Å²) in [5.74, 6) is -0.196. The van der Waals surface area contributed by atoms with E-state index in [1.807, 2.05) is 6.07 Å². The van der Waals surface area contributed by atoms with Crippen molar-refractivity contribution in [3.05, 3.63) is 58.3 Å². The Labute approximate surface area is 125 Å². The average molecular weight is 352 g/mol. The van der Waals surface area contributed by atoms with Crippen LogP contribution in [0, 0.1) is 11.3 Å². The molecule has 2 aromatic rings. The minimum atomic E-state index is -3.54. The highest BCUT2D eigenvalue weighted by Gasteiger charge is 2.12. The zero-order valence-corrected chi connectivity index (χ0v) is 12.6. The molecule has 0 aliphatic carbocycles. The van der Waals surface area contributed by atoms with E-state index in [1.54, 1.807) is 36.4 Å². The molecule has 0 bridgehead atoms. The zero-order valence-electron chi connectivity index (χ0n) is 10.2. The molecular weight excluding hydrogens is 342 g/mol. The van der Waals surface area contributed by atoms with Crippen molar-refractivity contribution in [2.75, 3.05) is 4.72 Å². The maximum Gasteiger partial charge on any atom is 0.236 e. The normalized spacial score (nSPS) is 10.8. The number of anilines is 1. The Morgan fingerprint density at radius 1 is 1.30 bits per heavy atom. The molecule has 1 aromatic carbocycles. The minimum absolute atomic E-state index is 0.196. The monoisotopic (exact) mass is 351 g/mol. The van der Waals surface area contributed by atoms with Crippen LogP contribution in [-0.4, -0.2) is 13.4 Å². The lowest BCUT2D eigenvalue weighted by Crippen LogP contribution is -2.15. The first-order chi connectivity index (χ1) is 9.48. The Hall–Kier alpha value is -1.91. The summed E-state index contributed by atoms with van der Waals surface area (Å²) >= 11 is 3.18. The van der Waals surface area contributed by atoms with Gasteiger partial charge < -0.3 is 0 Å². The number of hydrogen-bond donors (Lipinski definition) is 1. The molecule has 0 saturated carbocycles. The van der Waals surface area contributed by atoms with E-state index in [2.05, 4.69) is 25.6 Å². The Kier molecular flexibility index (Phi) is 4.37. The fourth-order valence-electron chi connectivity index (χ4n) is 1.60. The van der Waals surface area contributed by atoms with Crippen LogP contribution in [0.3, 0.4) is 0 Å². The molecule has 2 rings (SSSR count). The maximum atomic E-state index is 12.0. The summed E-state index contributed by atoms with van der Waals surface area (Å²) in [6, 6.07) is 11.7. The van der Waals surface area contributed by atoms with E-state index in [4.69, 9.17) is 5.26 Å². The molecule has 0 atom stereocenters. The minimum Gasteiger partial charge on any atom is -0.282 e. The van der Waals surface area contributed by atoms with E-state index in [-0.39, 0.29) is 5.75 Å². The number of nitrogens with zero attached hydrogens (tertiary/aromatic N) is 2. The van der Waals surface area contributed by atoms with E-state index in [0.29, 0.717) is 21.4 Å². The number of pyridine rings is 1. The van der Waals surface area contributed by atoms with Crippen molar-refractivity contribution >= 4 is 31.6 Å². The lowest BCUT2D eigenvalue weighted by molar-refractivity contribution is 0.600. The fraction of sp³-hybridized carbons (Fsp3) is 0.0769. The Morgan fingerprint density at radius 2 is 2.10 bits per heavy atom. The first kappa shape index (κ1) is 14.5. The maximum absolute atomic E-state index is 12.0. The molecule has 0 amide bonds. The highest BCUT2D eigenvalue weighted by Crippen LogP contribution is 2.15. The molecule has 1 aromatic heterocycles. The molecule has 1 heterocycles. The van der Waals surface area contributed by atoms with Crippen molar-refractivity contribution in [1.82, 2.24) is 4.98 Å². The predicted molar refractivity (Wildman–Crippen MR) is 79.3 cm³/mol. The lowest BCUT2D eigenvalue weighted by Gasteiger charge is -2.08. The van der Waals surface area contributed by atoms with Gasteiger partial charge in [-0.1, -0.05) is 12.1 Å². The lowest BCUT2D eigenvalue weighted by atomic mass is 10.2. The van der Waals surface area contributed by atoms with Crippen molar-refractivity contribution in [1.29, 1.82) is 5.26 Å².